The number of unbranched alkanes of at least 4 members (excludes halogenated alkanes) is 3. The Morgan fingerprint density at radius 3 is 1.85 bits per heavy atom. The smallest absolute Gasteiger partial charge is 0.306 e. The molecule has 5 atom stereocenters. The van der Waals surface area contributed by atoms with Crippen LogP contribution in [0.25, 0.3) is 0 Å². The second kappa shape index (κ2) is 24.1. The van der Waals surface area contributed by atoms with E-state index >= 15 is 0 Å². The highest BCUT2D eigenvalue weighted by molar-refractivity contribution is 7.76. The summed E-state index contributed by atoms with van der Waals surface area (Å²) < 4.78 is 48.7. The lowest BCUT2D eigenvalue weighted by Gasteiger charge is -2.47. The molecule has 0 aromatic rings. The van der Waals surface area contributed by atoms with Crippen molar-refractivity contribution in [1.29, 1.82) is 0 Å². The van der Waals surface area contributed by atoms with Crippen LogP contribution in [0.5, 0.6) is 0 Å². The molecule has 1 aliphatic carbocycles. The van der Waals surface area contributed by atoms with Crippen LogP contribution in [0.15, 0.2) is 0 Å². The van der Waals surface area contributed by atoms with Crippen molar-refractivity contribution in [3.05, 3.63) is 0 Å². The molecule has 1 saturated heterocycles. The lowest BCUT2D eigenvalue weighted by Crippen LogP contribution is -2.65. The van der Waals surface area contributed by atoms with Crippen molar-refractivity contribution < 1.29 is 46.9 Å². The molecule has 1 aliphatic heterocycles. The summed E-state index contributed by atoms with van der Waals surface area (Å²) in [6.45, 7) is 9.19. The van der Waals surface area contributed by atoms with E-state index in [0.717, 1.165) is 38.5 Å². The standard InChI is InChI=1S/C35H62N2O10S/c1-5-16-30(38)44-26-28-34(46-32(40)18-7-3)35(47-33(41)19-8-4)29(45-31(39)17-6-2)25-36(28)22-14-9-10-15-23-37(48(42)43)24-27-20-12-11-13-21-27/h27-29,34-35H,5-26H2,1-4H3,(H,42,43)/p-1/t28-,29+,34-,35-/m1/s1. The summed E-state index contributed by atoms with van der Waals surface area (Å²) in [6, 6.07) is -0.624. The highest BCUT2D eigenvalue weighted by atomic mass is 32.2. The molecule has 0 spiro atoms. The number of hydrogen-bond donors (Lipinski definition) is 0. The number of carbonyl (C=O) groups excluding carboxylic acids is 4. The van der Waals surface area contributed by atoms with Crippen LogP contribution in [0.3, 0.4) is 0 Å². The van der Waals surface area contributed by atoms with E-state index in [1.165, 1.54) is 19.3 Å². The Balaban J connectivity index is 2.20. The van der Waals surface area contributed by atoms with Gasteiger partial charge in [0.15, 0.2) is 18.3 Å². The summed E-state index contributed by atoms with van der Waals surface area (Å²) in [5.74, 6) is -1.33. The summed E-state index contributed by atoms with van der Waals surface area (Å²) >= 11 is -2.24. The number of carbonyl (C=O) groups is 4. The Morgan fingerprint density at radius 2 is 1.27 bits per heavy atom. The van der Waals surface area contributed by atoms with E-state index < -0.39 is 53.5 Å². The third-order valence-corrected chi connectivity index (χ3v) is 9.76. The molecule has 12 nitrogen and oxygen atoms in total. The molecule has 0 N–H and O–H groups in total. The number of piperidine rings is 1. The summed E-state index contributed by atoms with van der Waals surface area (Å²) in [6.07, 6.45) is 8.92. The summed E-state index contributed by atoms with van der Waals surface area (Å²) in [5.41, 5.74) is 0. The molecule has 2 rings (SSSR count). The minimum atomic E-state index is -2.24. The maximum atomic E-state index is 12.9. The monoisotopic (exact) mass is 701 g/mol. The zero-order chi connectivity index (χ0) is 35.3. The molecular formula is C35H61N2O10S-. The molecule has 2 aliphatic rings. The molecule has 0 bridgehead atoms. The SMILES string of the molecule is CCCC(=O)OC[C@@H]1[C@@H](OC(=O)CCC)[C@H](OC(=O)CCC)[C@@H](OC(=O)CCC)CN1CCCCCCN(CC1CCCCC1)S(=O)[O-]. The Bertz CT molecular complexity index is 992. The van der Waals surface area contributed by atoms with Crippen molar-refractivity contribution in [3.63, 3.8) is 0 Å². The van der Waals surface area contributed by atoms with Crippen LogP contribution < -0.4 is 0 Å². The summed E-state index contributed by atoms with van der Waals surface area (Å²) in [4.78, 5) is 52.9. The van der Waals surface area contributed by atoms with E-state index in [4.69, 9.17) is 18.9 Å². The zero-order valence-corrected chi connectivity index (χ0v) is 30.6. The minimum Gasteiger partial charge on any atom is -0.760 e. The van der Waals surface area contributed by atoms with Crippen molar-refractivity contribution in [1.82, 2.24) is 9.21 Å². The van der Waals surface area contributed by atoms with Gasteiger partial charge in [-0.2, -0.15) is 0 Å². The predicted octanol–water partition coefficient (Wildman–Crippen LogP) is 5.39. The highest BCUT2D eigenvalue weighted by Gasteiger charge is 2.50. The fourth-order valence-electron chi connectivity index (χ4n) is 6.52. The van der Waals surface area contributed by atoms with Crippen LogP contribution in [0.4, 0.5) is 0 Å². The van der Waals surface area contributed by atoms with Crippen LogP contribution in [-0.2, 0) is 49.4 Å². The molecule has 2 fully saturated rings. The van der Waals surface area contributed by atoms with Crippen molar-refractivity contribution >= 4 is 35.1 Å². The number of nitrogens with zero attached hydrogens (tertiary/aromatic N) is 2. The number of esters is 4. The summed E-state index contributed by atoms with van der Waals surface area (Å²) in [7, 11) is 0. The van der Waals surface area contributed by atoms with Crippen LogP contribution in [-0.4, -0.2) is 99.0 Å². The average Bonchev–Trinajstić information content (AvgIpc) is 3.04. The van der Waals surface area contributed by atoms with E-state index in [9.17, 15) is 27.9 Å². The molecule has 0 radical (unpaired) electrons. The van der Waals surface area contributed by atoms with E-state index in [1.807, 2.05) is 32.6 Å². The first-order chi connectivity index (χ1) is 23.1. The van der Waals surface area contributed by atoms with Gasteiger partial charge in [-0.25, -0.2) is 4.31 Å². The third-order valence-electron chi connectivity index (χ3n) is 9.00. The topological polar surface area (TPSA) is 152 Å². The molecule has 1 saturated carbocycles. The molecule has 0 aromatic heterocycles. The van der Waals surface area contributed by atoms with Crippen LogP contribution in [0, 0.1) is 5.92 Å². The van der Waals surface area contributed by atoms with Gasteiger partial charge in [-0.3, -0.25) is 28.3 Å². The van der Waals surface area contributed by atoms with Gasteiger partial charge >= 0.3 is 23.9 Å². The Morgan fingerprint density at radius 1 is 0.729 bits per heavy atom. The molecule has 278 valence electrons. The van der Waals surface area contributed by atoms with Gasteiger partial charge in [-0.05, 0) is 63.8 Å². The van der Waals surface area contributed by atoms with Gasteiger partial charge in [0.05, 0.1) is 6.04 Å². The molecule has 13 heteroatoms. The maximum absolute atomic E-state index is 12.9. The van der Waals surface area contributed by atoms with Crippen molar-refractivity contribution in [2.45, 2.75) is 161 Å². The first-order valence-corrected chi connectivity index (χ1v) is 19.5. The number of ether oxygens (including phenoxy) is 4. The molecule has 1 unspecified atom stereocenters. The molecular weight excluding hydrogens is 640 g/mol. The largest absolute Gasteiger partial charge is 0.760 e. The van der Waals surface area contributed by atoms with Gasteiger partial charge in [0.1, 0.15) is 6.61 Å². The number of likely N-dealkylation sites (tertiary alicyclic amines) is 1. The van der Waals surface area contributed by atoms with Crippen LogP contribution >= 0.6 is 0 Å². The third kappa shape index (κ3) is 15.6. The van der Waals surface area contributed by atoms with Crippen molar-refractivity contribution in [2.24, 2.45) is 5.92 Å². The molecule has 1 heterocycles. The van der Waals surface area contributed by atoms with E-state index in [1.54, 1.807) is 4.31 Å². The Labute approximate surface area is 290 Å². The molecule has 0 amide bonds. The second-order valence-electron chi connectivity index (χ2n) is 13.2. The Kier molecular flexibility index (Phi) is 21.1. The lowest BCUT2D eigenvalue weighted by molar-refractivity contribution is -0.210. The van der Waals surface area contributed by atoms with Crippen molar-refractivity contribution in [3.8, 4) is 0 Å². The first-order valence-electron chi connectivity index (χ1n) is 18.5. The predicted molar refractivity (Wildman–Crippen MR) is 181 cm³/mol. The lowest BCUT2D eigenvalue weighted by atomic mass is 9.89. The normalized spacial score (nSPS) is 22.6. The fraction of sp³-hybridized carbons (Fsp3) is 0.886. The quantitative estimate of drug-likeness (QED) is 0.0584. The van der Waals surface area contributed by atoms with Gasteiger partial charge in [0.25, 0.3) is 0 Å². The number of rotatable bonds is 23. The highest BCUT2D eigenvalue weighted by Crippen LogP contribution is 2.29. The molecule has 48 heavy (non-hydrogen) atoms. The van der Waals surface area contributed by atoms with E-state index in [-0.39, 0.29) is 44.8 Å². The van der Waals surface area contributed by atoms with Crippen molar-refractivity contribution in [2.75, 3.05) is 32.8 Å². The van der Waals surface area contributed by atoms with Gasteiger partial charge in [-0.15, -0.1) is 0 Å². The average molecular weight is 702 g/mol. The van der Waals surface area contributed by atoms with Gasteiger partial charge in [0, 0.05) is 56.6 Å². The van der Waals surface area contributed by atoms with E-state index in [0.29, 0.717) is 51.2 Å². The van der Waals surface area contributed by atoms with Gasteiger partial charge in [-0.1, -0.05) is 59.8 Å². The second-order valence-corrected chi connectivity index (χ2v) is 14.2. The minimum absolute atomic E-state index is 0.0776. The van der Waals surface area contributed by atoms with Crippen LogP contribution in [0.2, 0.25) is 0 Å². The van der Waals surface area contributed by atoms with Gasteiger partial charge in [0.2, 0.25) is 0 Å². The van der Waals surface area contributed by atoms with E-state index in [2.05, 4.69) is 0 Å². The molecule has 0 aromatic carbocycles. The maximum Gasteiger partial charge on any atom is 0.306 e. The zero-order valence-electron chi connectivity index (χ0n) is 29.8. The van der Waals surface area contributed by atoms with Gasteiger partial charge < -0.3 is 23.5 Å². The Hall–Kier alpha value is -2.09. The fourth-order valence-corrected chi connectivity index (χ4v) is 7.13. The number of hydrogen-bond acceptors (Lipinski definition) is 11. The van der Waals surface area contributed by atoms with Crippen LogP contribution in [0.1, 0.15) is 137 Å². The first kappa shape index (κ1) is 42.1. The summed E-state index contributed by atoms with van der Waals surface area (Å²) in [5, 5.41) is 0.